The van der Waals surface area contributed by atoms with E-state index in [2.05, 4.69) is 15.4 Å². The number of nitrogens with one attached hydrogen (secondary N) is 1. The van der Waals surface area contributed by atoms with Crippen LogP contribution in [0.5, 0.6) is 5.75 Å². The lowest BCUT2D eigenvalue weighted by atomic mass is 10.2. The number of thiazole rings is 1. The van der Waals surface area contributed by atoms with Gasteiger partial charge in [-0.15, -0.1) is 16.4 Å². The summed E-state index contributed by atoms with van der Waals surface area (Å²) in [6.45, 7) is 0.459. The van der Waals surface area contributed by atoms with Gasteiger partial charge in [-0.3, -0.25) is 10.1 Å². The molecule has 0 atom stereocenters. The second-order valence-electron chi connectivity index (χ2n) is 6.19. The van der Waals surface area contributed by atoms with E-state index < -0.39 is 0 Å². The van der Waals surface area contributed by atoms with E-state index in [-0.39, 0.29) is 11.9 Å². The van der Waals surface area contributed by atoms with Crippen molar-refractivity contribution in [1.29, 1.82) is 0 Å². The molecule has 0 unspecified atom stereocenters. The van der Waals surface area contributed by atoms with E-state index in [1.807, 2.05) is 35.7 Å². The van der Waals surface area contributed by atoms with Crippen LogP contribution in [0, 0.1) is 0 Å². The number of rotatable bonds is 7. The van der Waals surface area contributed by atoms with Gasteiger partial charge in [0, 0.05) is 22.4 Å². The molecular formula is C20H16Cl2N4O2S. The number of para-hydroxylation sites is 1. The zero-order valence-electron chi connectivity index (χ0n) is 15.1. The summed E-state index contributed by atoms with van der Waals surface area (Å²) in [6.07, 6.45) is 0.902. The summed E-state index contributed by atoms with van der Waals surface area (Å²) >= 11 is 13.8. The van der Waals surface area contributed by atoms with Gasteiger partial charge in [0.1, 0.15) is 5.75 Å². The Morgan fingerprint density at radius 1 is 1.17 bits per heavy atom. The molecule has 9 heteroatoms. The van der Waals surface area contributed by atoms with E-state index in [9.17, 15) is 4.79 Å². The van der Waals surface area contributed by atoms with Crippen molar-refractivity contribution >= 4 is 51.4 Å². The highest BCUT2D eigenvalue weighted by Gasteiger charge is 2.15. The van der Waals surface area contributed by atoms with E-state index in [1.54, 1.807) is 22.7 Å². The highest BCUT2D eigenvalue weighted by Crippen LogP contribution is 2.33. The Bertz CT molecular complexity index is 1140. The predicted molar refractivity (Wildman–Crippen MR) is 116 cm³/mol. The van der Waals surface area contributed by atoms with Crippen LogP contribution in [0.15, 0.2) is 53.9 Å². The van der Waals surface area contributed by atoms with Crippen LogP contribution in [0.25, 0.3) is 16.2 Å². The molecule has 0 saturated heterocycles. The number of carbonyl (C=O) groups is 1. The van der Waals surface area contributed by atoms with Crippen LogP contribution in [0.2, 0.25) is 10.0 Å². The van der Waals surface area contributed by atoms with Gasteiger partial charge < -0.3 is 4.74 Å². The number of hydrogen-bond donors (Lipinski definition) is 1. The lowest BCUT2D eigenvalue weighted by Crippen LogP contribution is -2.14. The number of halogens is 2. The number of aromatic nitrogens is 3. The first-order chi connectivity index (χ1) is 14.1. The molecule has 4 rings (SSSR count). The first-order valence-corrected chi connectivity index (χ1v) is 10.5. The molecule has 0 aliphatic rings. The van der Waals surface area contributed by atoms with Crippen LogP contribution >= 0.6 is 34.5 Å². The van der Waals surface area contributed by atoms with Gasteiger partial charge in [-0.2, -0.15) is 4.98 Å². The van der Waals surface area contributed by atoms with Crippen LogP contribution in [-0.2, 0) is 4.79 Å². The molecule has 0 radical (unpaired) electrons. The van der Waals surface area contributed by atoms with Gasteiger partial charge in [-0.25, -0.2) is 4.52 Å². The van der Waals surface area contributed by atoms with Crippen molar-refractivity contribution in [3.8, 4) is 17.0 Å². The highest BCUT2D eigenvalue weighted by molar-refractivity contribution is 7.15. The largest absolute Gasteiger partial charge is 0.494 e. The van der Waals surface area contributed by atoms with Crippen molar-refractivity contribution in [2.45, 2.75) is 12.8 Å². The van der Waals surface area contributed by atoms with E-state index in [4.69, 9.17) is 27.9 Å². The quantitative estimate of drug-likeness (QED) is 0.377. The highest BCUT2D eigenvalue weighted by atomic mass is 35.5. The Morgan fingerprint density at radius 3 is 2.83 bits per heavy atom. The normalized spacial score (nSPS) is 11.0. The van der Waals surface area contributed by atoms with Crippen LogP contribution in [0.4, 0.5) is 5.95 Å². The van der Waals surface area contributed by atoms with Gasteiger partial charge in [-0.1, -0.05) is 41.4 Å². The minimum atomic E-state index is -0.165. The van der Waals surface area contributed by atoms with Gasteiger partial charge in [0.25, 0.3) is 0 Å². The lowest BCUT2D eigenvalue weighted by molar-refractivity contribution is -0.116. The van der Waals surface area contributed by atoms with Gasteiger partial charge in [0.15, 0.2) is 0 Å². The topological polar surface area (TPSA) is 68.5 Å². The Hall–Kier alpha value is -2.61. The molecule has 0 aliphatic heterocycles. The maximum atomic E-state index is 12.2. The average molecular weight is 447 g/mol. The maximum absolute atomic E-state index is 12.2. The van der Waals surface area contributed by atoms with Crippen molar-refractivity contribution in [3.05, 3.63) is 64.0 Å². The fourth-order valence-corrected chi connectivity index (χ4v) is 3.95. The van der Waals surface area contributed by atoms with E-state index >= 15 is 0 Å². The number of benzene rings is 2. The summed E-state index contributed by atoms with van der Waals surface area (Å²) < 4.78 is 7.24. The maximum Gasteiger partial charge on any atom is 0.250 e. The minimum Gasteiger partial charge on any atom is -0.494 e. The van der Waals surface area contributed by atoms with Crippen LogP contribution < -0.4 is 10.1 Å². The fourth-order valence-electron chi connectivity index (χ4n) is 2.74. The second kappa shape index (κ2) is 8.82. The van der Waals surface area contributed by atoms with Gasteiger partial charge >= 0.3 is 0 Å². The summed E-state index contributed by atoms with van der Waals surface area (Å²) in [6, 6.07) is 14.7. The molecule has 148 valence electrons. The van der Waals surface area contributed by atoms with Crippen molar-refractivity contribution in [2.75, 3.05) is 11.9 Å². The second-order valence-corrected chi connectivity index (χ2v) is 7.87. The first kappa shape index (κ1) is 19.7. The number of carbonyl (C=O) groups excluding carboxylic acids is 1. The zero-order valence-corrected chi connectivity index (χ0v) is 17.5. The van der Waals surface area contributed by atoms with Crippen LogP contribution in [0.3, 0.4) is 0 Å². The SMILES string of the molecule is O=C(CCCOc1ccccc1)Nc1nc2scc(-c3cc(Cl)ccc3Cl)n2n1. The van der Waals surface area contributed by atoms with Crippen molar-refractivity contribution in [3.63, 3.8) is 0 Å². The molecule has 0 fully saturated rings. The molecule has 2 heterocycles. The van der Waals surface area contributed by atoms with Gasteiger partial charge in [0.2, 0.25) is 16.8 Å². The summed E-state index contributed by atoms with van der Waals surface area (Å²) in [7, 11) is 0. The predicted octanol–water partition coefficient (Wildman–Crippen LogP) is 5.56. The molecule has 0 bridgehead atoms. The fraction of sp³-hybridized carbons (Fsp3) is 0.150. The number of fused-ring (bicyclic) bond motifs is 1. The molecule has 6 nitrogen and oxygen atoms in total. The number of anilines is 1. The molecule has 29 heavy (non-hydrogen) atoms. The molecule has 4 aromatic rings. The molecule has 2 aromatic carbocycles. The summed E-state index contributed by atoms with van der Waals surface area (Å²) in [5.41, 5.74) is 1.52. The Morgan fingerprint density at radius 2 is 2.00 bits per heavy atom. The van der Waals surface area contributed by atoms with Crippen LogP contribution in [-0.4, -0.2) is 27.1 Å². The Kier molecular flexibility index (Phi) is 5.99. The third-order valence-corrected chi connectivity index (χ3v) is 5.48. The molecular weight excluding hydrogens is 431 g/mol. The monoisotopic (exact) mass is 446 g/mol. The van der Waals surface area contributed by atoms with Gasteiger partial charge in [0.05, 0.1) is 17.3 Å². The number of amides is 1. The molecule has 0 spiro atoms. The zero-order chi connectivity index (χ0) is 20.2. The molecule has 1 amide bonds. The Balaban J connectivity index is 1.38. The number of ether oxygens (including phenoxy) is 1. The smallest absolute Gasteiger partial charge is 0.250 e. The third-order valence-electron chi connectivity index (χ3n) is 4.10. The molecule has 0 aliphatic carbocycles. The summed E-state index contributed by atoms with van der Waals surface area (Å²) in [5, 5.41) is 10.2. The standard InChI is InChI=1S/C20H16Cl2N4O2S/c21-13-8-9-16(22)15(11-13)17-12-29-20-24-19(25-26(17)20)23-18(27)7-4-10-28-14-5-2-1-3-6-14/h1-3,5-6,8-9,11-12H,4,7,10H2,(H,23,25,27). The van der Waals surface area contributed by atoms with E-state index in [1.165, 1.54) is 11.3 Å². The molecule has 1 N–H and O–H groups in total. The lowest BCUT2D eigenvalue weighted by Gasteiger charge is -2.05. The summed E-state index contributed by atoms with van der Waals surface area (Å²) in [4.78, 5) is 17.2. The first-order valence-electron chi connectivity index (χ1n) is 8.87. The minimum absolute atomic E-state index is 0.165. The van der Waals surface area contributed by atoms with Crippen molar-refractivity contribution in [2.24, 2.45) is 0 Å². The average Bonchev–Trinajstić information content (AvgIpc) is 3.28. The number of hydrogen-bond acceptors (Lipinski definition) is 5. The molecule has 2 aromatic heterocycles. The number of nitrogens with zero attached hydrogens (tertiary/aromatic N) is 3. The van der Waals surface area contributed by atoms with E-state index in [0.29, 0.717) is 34.5 Å². The van der Waals surface area contributed by atoms with E-state index in [0.717, 1.165) is 17.0 Å². The third kappa shape index (κ3) is 4.70. The molecule has 0 saturated carbocycles. The Labute approximate surface area is 181 Å². The van der Waals surface area contributed by atoms with Gasteiger partial charge in [-0.05, 0) is 36.8 Å². The van der Waals surface area contributed by atoms with Crippen molar-refractivity contribution < 1.29 is 9.53 Å². The van der Waals surface area contributed by atoms with Crippen LogP contribution in [0.1, 0.15) is 12.8 Å². The van der Waals surface area contributed by atoms with Crippen molar-refractivity contribution in [1.82, 2.24) is 14.6 Å². The summed E-state index contributed by atoms with van der Waals surface area (Å²) in [5.74, 6) is 0.878.